The molecule has 0 bridgehead atoms. The number of carboxylic acids is 1. The lowest BCUT2D eigenvalue weighted by Crippen LogP contribution is -1.99. The number of nitrogen functional groups attached to an aromatic ring is 1. The number of carbonyl (C=O) groups is 1. The summed E-state index contributed by atoms with van der Waals surface area (Å²) < 4.78 is 1.45. The summed E-state index contributed by atoms with van der Waals surface area (Å²) in [5.74, 6) is -1.09. The fourth-order valence-electron chi connectivity index (χ4n) is 1.29. The van der Waals surface area contributed by atoms with Gasteiger partial charge in [0.15, 0.2) is 5.69 Å². The molecule has 14 heavy (non-hydrogen) atoms. The van der Waals surface area contributed by atoms with Crippen molar-refractivity contribution in [1.82, 2.24) is 14.8 Å². The lowest BCUT2D eigenvalue weighted by molar-refractivity contribution is 0.0691. The van der Waals surface area contributed by atoms with E-state index < -0.39 is 5.97 Å². The van der Waals surface area contributed by atoms with E-state index in [0.29, 0.717) is 16.7 Å². The quantitative estimate of drug-likeness (QED) is 0.675. The first-order chi connectivity index (χ1) is 6.59. The molecule has 3 N–H and O–H groups in total. The topological polar surface area (TPSA) is 94.0 Å². The summed E-state index contributed by atoms with van der Waals surface area (Å²) in [6.07, 6.45) is 1.41. The molecule has 0 saturated heterocycles. The summed E-state index contributed by atoms with van der Waals surface area (Å²) in [5, 5.41) is 12.6. The minimum absolute atomic E-state index is 0.0532. The Hall–Kier alpha value is -2.11. The van der Waals surface area contributed by atoms with Crippen molar-refractivity contribution in [3.05, 3.63) is 18.0 Å². The van der Waals surface area contributed by atoms with Crippen molar-refractivity contribution in [2.24, 2.45) is 7.05 Å². The minimum Gasteiger partial charge on any atom is -0.476 e. The van der Waals surface area contributed by atoms with Crippen LogP contribution in [0, 0.1) is 0 Å². The van der Waals surface area contributed by atoms with Crippen molar-refractivity contribution in [3.8, 4) is 0 Å². The number of nitrogens with zero attached hydrogens (tertiary/aromatic N) is 3. The second-order valence-corrected chi connectivity index (χ2v) is 2.91. The first-order valence-corrected chi connectivity index (χ1v) is 3.91. The number of rotatable bonds is 1. The van der Waals surface area contributed by atoms with Gasteiger partial charge in [0.05, 0.1) is 17.4 Å². The molecule has 0 aliphatic rings. The number of aromatic carboxylic acids is 1. The van der Waals surface area contributed by atoms with Gasteiger partial charge in [-0.25, -0.2) is 9.78 Å². The molecule has 0 atom stereocenters. The maximum Gasteiger partial charge on any atom is 0.358 e. The van der Waals surface area contributed by atoms with Crippen LogP contribution < -0.4 is 5.73 Å². The summed E-state index contributed by atoms with van der Waals surface area (Å²) in [7, 11) is 1.65. The van der Waals surface area contributed by atoms with E-state index in [9.17, 15) is 4.79 Å². The largest absolute Gasteiger partial charge is 0.476 e. The predicted octanol–water partition coefficient (Wildman–Crippen LogP) is 0.249. The van der Waals surface area contributed by atoms with E-state index in [1.54, 1.807) is 13.1 Å². The van der Waals surface area contributed by atoms with E-state index >= 15 is 0 Å². The minimum atomic E-state index is -1.09. The molecule has 0 radical (unpaired) electrons. The van der Waals surface area contributed by atoms with Gasteiger partial charge in [-0.05, 0) is 6.07 Å². The monoisotopic (exact) mass is 192 g/mol. The van der Waals surface area contributed by atoms with Gasteiger partial charge in [0.1, 0.15) is 5.52 Å². The number of anilines is 1. The average molecular weight is 192 g/mol. The molecule has 0 saturated carbocycles. The van der Waals surface area contributed by atoms with Crippen LogP contribution in [0.3, 0.4) is 0 Å². The van der Waals surface area contributed by atoms with E-state index in [-0.39, 0.29) is 5.69 Å². The number of pyridine rings is 1. The van der Waals surface area contributed by atoms with Crippen molar-refractivity contribution in [3.63, 3.8) is 0 Å². The molecule has 2 aromatic rings. The van der Waals surface area contributed by atoms with Crippen LogP contribution in [0.4, 0.5) is 5.69 Å². The van der Waals surface area contributed by atoms with E-state index in [4.69, 9.17) is 10.8 Å². The number of carboxylic acid groups (broad SMARTS) is 1. The van der Waals surface area contributed by atoms with Gasteiger partial charge in [-0.15, -0.1) is 0 Å². The zero-order chi connectivity index (χ0) is 10.3. The van der Waals surface area contributed by atoms with Crippen LogP contribution in [0.15, 0.2) is 12.3 Å². The summed E-state index contributed by atoms with van der Waals surface area (Å²) >= 11 is 0. The van der Waals surface area contributed by atoms with Crippen LogP contribution in [0.25, 0.3) is 11.0 Å². The van der Waals surface area contributed by atoms with Crippen LogP contribution in [0.2, 0.25) is 0 Å². The molecule has 2 heterocycles. The zero-order valence-electron chi connectivity index (χ0n) is 7.43. The van der Waals surface area contributed by atoms with Gasteiger partial charge in [-0.2, -0.15) is 5.10 Å². The molecule has 6 nitrogen and oxygen atoms in total. The highest BCUT2D eigenvalue weighted by atomic mass is 16.4. The maximum atomic E-state index is 10.8. The van der Waals surface area contributed by atoms with Crippen LogP contribution in [-0.4, -0.2) is 25.8 Å². The second kappa shape index (κ2) is 2.69. The molecule has 0 aliphatic heterocycles. The Morgan fingerprint density at radius 2 is 2.36 bits per heavy atom. The van der Waals surface area contributed by atoms with Crippen molar-refractivity contribution in [1.29, 1.82) is 0 Å². The van der Waals surface area contributed by atoms with Crippen molar-refractivity contribution >= 4 is 22.7 Å². The molecule has 0 fully saturated rings. The first-order valence-electron chi connectivity index (χ1n) is 3.91. The Morgan fingerprint density at radius 3 is 3.00 bits per heavy atom. The van der Waals surface area contributed by atoms with Crippen LogP contribution in [0.1, 0.15) is 10.5 Å². The van der Waals surface area contributed by atoms with Gasteiger partial charge in [0.2, 0.25) is 0 Å². The van der Waals surface area contributed by atoms with Gasteiger partial charge < -0.3 is 10.8 Å². The first kappa shape index (κ1) is 8.49. The third kappa shape index (κ3) is 1.08. The van der Waals surface area contributed by atoms with Crippen molar-refractivity contribution < 1.29 is 9.90 Å². The normalized spacial score (nSPS) is 10.6. The molecule has 0 unspecified atom stereocenters. The molecule has 0 aliphatic carbocycles. The number of hydrogen-bond acceptors (Lipinski definition) is 4. The van der Waals surface area contributed by atoms with Gasteiger partial charge in [0.25, 0.3) is 0 Å². The highest BCUT2D eigenvalue weighted by Crippen LogP contribution is 2.17. The Balaban J connectivity index is 2.84. The molecule has 0 aromatic carbocycles. The Morgan fingerprint density at radius 1 is 1.64 bits per heavy atom. The van der Waals surface area contributed by atoms with Gasteiger partial charge >= 0.3 is 5.97 Å². The van der Waals surface area contributed by atoms with Crippen molar-refractivity contribution in [2.75, 3.05) is 5.73 Å². The number of hydrogen-bond donors (Lipinski definition) is 2. The number of aromatic nitrogens is 3. The van der Waals surface area contributed by atoms with Gasteiger partial charge in [0, 0.05) is 7.05 Å². The lowest BCUT2D eigenvalue weighted by atomic mass is 10.3. The van der Waals surface area contributed by atoms with Gasteiger partial charge in [-0.1, -0.05) is 0 Å². The molecule has 0 amide bonds. The fourth-order valence-corrected chi connectivity index (χ4v) is 1.29. The molecule has 0 spiro atoms. The molecular formula is C8H8N4O2. The fraction of sp³-hybridized carbons (Fsp3) is 0.125. The van der Waals surface area contributed by atoms with Gasteiger partial charge in [-0.3, -0.25) is 4.68 Å². The molecule has 2 rings (SSSR count). The Kier molecular flexibility index (Phi) is 1.63. The zero-order valence-corrected chi connectivity index (χ0v) is 7.43. The van der Waals surface area contributed by atoms with Crippen molar-refractivity contribution in [2.45, 2.75) is 0 Å². The Bertz CT molecular complexity index is 517. The maximum absolute atomic E-state index is 10.8. The standard InChI is InChI=1S/C8H8N4O2/c1-12-5-2-4(9)3-10-6(5)7(11-12)8(13)14/h2-3H,9H2,1H3,(H,13,14). The third-order valence-electron chi connectivity index (χ3n) is 1.91. The summed E-state index contributed by atoms with van der Waals surface area (Å²) in [4.78, 5) is 14.7. The summed E-state index contributed by atoms with van der Waals surface area (Å²) in [6.45, 7) is 0. The highest BCUT2D eigenvalue weighted by molar-refractivity contribution is 5.99. The lowest BCUT2D eigenvalue weighted by Gasteiger charge is -1.94. The second-order valence-electron chi connectivity index (χ2n) is 2.91. The van der Waals surface area contributed by atoms with Crippen LogP contribution in [0.5, 0.6) is 0 Å². The smallest absolute Gasteiger partial charge is 0.358 e. The molecule has 2 aromatic heterocycles. The molecule has 6 heteroatoms. The van der Waals surface area contributed by atoms with E-state index in [1.807, 2.05) is 0 Å². The van der Waals surface area contributed by atoms with Crippen LogP contribution >= 0.6 is 0 Å². The number of nitrogens with two attached hydrogens (primary N) is 1. The number of aryl methyl sites for hydroxylation is 1. The van der Waals surface area contributed by atoms with E-state index in [1.165, 1.54) is 10.9 Å². The van der Waals surface area contributed by atoms with Crippen LogP contribution in [-0.2, 0) is 7.05 Å². The molecular weight excluding hydrogens is 184 g/mol. The third-order valence-corrected chi connectivity index (χ3v) is 1.91. The predicted molar refractivity (Wildman–Crippen MR) is 49.9 cm³/mol. The van der Waals surface area contributed by atoms with E-state index in [2.05, 4.69) is 10.1 Å². The Labute approximate surface area is 79.0 Å². The summed E-state index contributed by atoms with van der Waals surface area (Å²) in [6, 6.07) is 1.64. The number of fused-ring (bicyclic) bond motifs is 1. The molecule has 72 valence electrons. The average Bonchev–Trinajstić information content (AvgIpc) is 2.44. The summed E-state index contributed by atoms with van der Waals surface area (Å²) in [5.41, 5.74) is 6.93. The SMILES string of the molecule is Cn1nc(C(=O)O)c2ncc(N)cc21. The van der Waals surface area contributed by atoms with E-state index in [0.717, 1.165) is 0 Å². The highest BCUT2D eigenvalue weighted by Gasteiger charge is 2.15.